The molecule has 3 amide bonds. The fourth-order valence-electron chi connectivity index (χ4n) is 4.29. The largest absolute Gasteiger partial charge is 0.493 e. The predicted molar refractivity (Wildman–Crippen MR) is 188 cm³/mol. The second-order valence-electron chi connectivity index (χ2n) is 9.51. The molecule has 236 valence electrons. The van der Waals surface area contributed by atoms with Gasteiger partial charge in [0.2, 0.25) is 0 Å². The molecule has 4 rings (SSSR count). The van der Waals surface area contributed by atoms with E-state index >= 15 is 0 Å². The maximum atomic E-state index is 12.6. The van der Waals surface area contributed by atoms with Crippen LogP contribution >= 0.6 is 61.1 Å². The number of hydrazone groups is 1. The van der Waals surface area contributed by atoms with E-state index in [2.05, 4.69) is 82.3 Å². The number of benzene rings is 3. The SMILES string of the molecule is CCOC(=O)C1=C(C)NC(=O)N[C@@H]1c1ccc(OCC(=O)N/N=C\c2cc(Br)c(OCc3ccc(I)cc3)c(I)c2)c(OC)c1. The summed E-state index contributed by atoms with van der Waals surface area (Å²) in [6.07, 6.45) is 1.52. The average molecular weight is 903 g/mol. The number of urea groups is 1. The van der Waals surface area contributed by atoms with Crippen LogP contribution in [0.25, 0.3) is 0 Å². The minimum absolute atomic E-state index is 0.186. The van der Waals surface area contributed by atoms with Crippen molar-refractivity contribution in [2.45, 2.75) is 26.5 Å². The Labute approximate surface area is 295 Å². The monoisotopic (exact) mass is 902 g/mol. The Balaban J connectivity index is 1.35. The topological polar surface area (TPSA) is 137 Å². The maximum absolute atomic E-state index is 12.6. The van der Waals surface area contributed by atoms with E-state index < -0.39 is 23.9 Å². The molecule has 0 saturated heterocycles. The summed E-state index contributed by atoms with van der Waals surface area (Å²) in [5.74, 6) is 0.277. The Morgan fingerprint density at radius 2 is 1.82 bits per heavy atom. The van der Waals surface area contributed by atoms with Crippen LogP contribution in [0.5, 0.6) is 17.2 Å². The van der Waals surface area contributed by atoms with Crippen LogP contribution in [0, 0.1) is 7.14 Å². The second kappa shape index (κ2) is 16.3. The summed E-state index contributed by atoms with van der Waals surface area (Å²) < 4.78 is 25.1. The molecular weight excluding hydrogens is 874 g/mol. The highest BCUT2D eigenvalue weighted by molar-refractivity contribution is 14.1. The number of ether oxygens (including phenoxy) is 4. The Hall–Kier alpha value is -3.38. The molecule has 0 aliphatic carbocycles. The second-order valence-corrected chi connectivity index (χ2v) is 12.8. The number of nitrogens with one attached hydrogen (secondary N) is 3. The highest BCUT2D eigenvalue weighted by Crippen LogP contribution is 2.35. The normalized spacial score (nSPS) is 14.4. The molecule has 45 heavy (non-hydrogen) atoms. The van der Waals surface area contributed by atoms with Crippen LogP contribution < -0.4 is 30.3 Å². The van der Waals surface area contributed by atoms with Crippen molar-refractivity contribution >= 4 is 85.2 Å². The first-order valence-corrected chi connectivity index (χ1v) is 16.5. The molecule has 1 atom stereocenters. The molecule has 0 spiro atoms. The van der Waals surface area contributed by atoms with E-state index in [1.807, 2.05) is 36.4 Å². The summed E-state index contributed by atoms with van der Waals surface area (Å²) in [5, 5.41) is 9.38. The summed E-state index contributed by atoms with van der Waals surface area (Å²) >= 11 is 8.01. The molecule has 1 heterocycles. The minimum Gasteiger partial charge on any atom is -0.493 e. The van der Waals surface area contributed by atoms with Gasteiger partial charge in [-0.15, -0.1) is 0 Å². The molecule has 1 aliphatic rings. The molecule has 3 N–H and O–H groups in total. The van der Waals surface area contributed by atoms with Gasteiger partial charge in [-0.1, -0.05) is 18.2 Å². The lowest BCUT2D eigenvalue weighted by Gasteiger charge is -2.28. The average Bonchev–Trinajstić information content (AvgIpc) is 3.00. The van der Waals surface area contributed by atoms with Crippen LogP contribution in [-0.2, 0) is 20.9 Å². The van der Waals surface area contributed by atoms with Gasteiger partial charge in [-0.05, 0) is 128 Å². The highest BCUT2D eigenvalue weighted by atomic mass is 127. The van der Waals surface area contributed by atoms with Gasteiger partial charge in [-0.25, -0.2) is 15.0 Å². The van der Waals surface area contributed by atoms with Crippen LogP contribution in [0.1, 0.15) is 36.6 Å². The van der Waals surface area contributed by atoms with Crippen molar-refractivity contribution < 1.29 is 33.3 Å². The van der Waals surface area contributed by atoms with Gasteiger partial charge in [0, 0.05) is 9.27 Å². The zero-order valence-electron chi connectivity index (χ0n) is 24.4. The van der Waals surface area contributed by atoms with Gasteiger partial charge < -0.3 is 29.6 Å². The third-order valence-corrected chi connectivity index (χ3v) is 8.47. The summed E-state index contributed by atoms with van der Waals surface area (Å²) in [4.78, 5) is 37.2. The number of amides is 3. The third kappa shape index (κ3) is 9.32. The first-order chi connectivity index (χ1) is 21.6. The first kappa shape index (κ1) is 34.5. The fourth-order valence-corrected chi connectivity index (χ4v) is 6.42. The van der Waals surface area contributed by atoms with E-state index in [0.29, 0.717) is 29.4 Å². The van der Waals surface area contributed by atoms with Crippen molar-refractivity contribution in [3.63, 3.8) is 0 Å². The highest BCUT2D eigenvalue weighted by Gasteiger charge is 2.32. The van der Waals surface area contributed by atoms with E-state index in [1.54, 1.807) is 32.0 Å². The van der Waals surface area contributed by atoms with E-state index in [1.165, 1.54) is 13.3 Å². The predicted octanol–water partition coefficient (Wildman–Crippen LogP) is 5.97. The Morgan fingerprint density at radius 1 is 1.07 bits per heavy atom. The minimum atomic E-state index is -0.768. The number of esters is 1. The van der Waals surface area contributed by atoms with Crippen molar-refractivity contribution in [1.29, 1.82) is 0 Å². The van der Waals surface area contributed by atoms with E-state index in [4.69, 9.17) is 18.9 Å². The number of hydrogen-bond donors (Lipinski definition) is 3. The van der Waals surface area contributed by atoms with Crippen LogP contribution in [0.2, 0.25) is 0 Å². The van der Waals surface area contributed by atoms with Crippen molar-refractivity contribution in [1.82, 2.24) is 16.1 Å². The van der Waals surface area contributed by atoms with Gasteiger partial charge in [-0.3, -0.25) is 4.79 Å². The number of methoxy groups -OCH3 is 1. The molecule has 11 nitrogen and oxygen atoms in total. The lowest BCUT2D eigenvalue weighted by atomic mass is 9.95. The lowest BCUT2D eigenvalue weighted by Crippen LogP contribution is -2.45. The van der Waals surface area contributed by atoms with Gasteiger partial charge in [0.25, 0.3) is 5.91 Å². The molecule has 0 radical (unpaired) electrons. The molecule has 3 aromatic carbocycles. The van der Waals surface area contributed by atoms with Crippen LogP contribution in [0.15, 0.2) is 75.4 Å². The van der Waals surface area contributed by atoms with Gasteiger partial charge in [0.05, 0.1) is 39.6 Å². The number of rotatable bonds is 12. The molecule has 0 bridgehead atoms. The number of carbonyl (C=O) groups excluding carboxylic acids is 3. The van der Waals surface area contributed by atoms with Gasteiger partial charge >= 0.3 is 12.0 Å². The maximum Gasteiger partial charge on any atom is 0.338 e. The number of halogens is 3. The molecule has 0 fully saturated rings. The van der Waals surface area contributed by atoms with Gasteiger partial charge in [-0.2, -0.15) is 5.10 Å². The number of nitrogens with zero attached hydrogens (tertiary/aromatic N) is 1. The van der Waals surface area contributed by atoms with Gasteiger partial charge in [0.15, 0.2) is 18.1 Å². The Morgan fingerprint density at radius 3 is 2.51 bits per heavy atom. The summed E-state index contributed by atoms with van der Waals surface area (Å²) in [5.41, 5.74) is 5.50. The summed E-state index contributed by atoms with van der Waals surface area (Å²) in [6, 6.07) is 15.5. The number of hydrogen-bond acceptors (Lipinski definition) is 8. The molecule has 3 aromatic rings. The number of carbonyl (C=O) groups is 3. The number of allylic oxidation sites excluding steroid dienone is 1. The summed E-state index contributed by atoms with van der Waals surface area (Å²) in [7, 11) is 1.45. The lowest BCUT2D eigenvalue weighted by molar-refractivity contribution is -0.139. The smallest absolute Gasteiger partial charge is 0.338 e. The van der Waals surface area contributed by atoms with Crippen molar-refractivity contribution in [2.75, 3.05) is 20.3 Å². The van der Waals surface area contributed by atoms with E-state index in [0.717, 1.165) is 28.5 Å². The van der Waals surface area contributed by atoms with Crippen molar-refractivity contribution in [3.8, 4) is 17.2 Å². The van der Waals surface area contributed by atoms with E-state index in [-0.39, 0.29) is 18.8 Å². The Bertz CT molecular complexity index is 1620. The van der Waals surface area contributed by atoms with Crippen LogP contribution in [-0.4, -0.2) is 44.4 Å². The molecular formula is C31H29BrI2N4O7. The molecule has 0 unspecified atom stereocenters. The molecule has 1 aliphatic heterocycles. The first-order valence-electron chi connectivity index (χ1n) is 13.5. The zero-order chi connectivity index (χ0) is 32.5. The van der Waals surface area contributed by atoms with Gasteiger partial charge in [0.1, 0.15) is 12.4 Å². The van der Waals surface area contributed by atoms with Crippen molar-refractivity contribution in [2.24, 2.45) is 5.10 Å². The quantitative estimate of drug-likeness (QED) is 0.0884. The standard InChI is InChI=1S/C31H29BrI2N4O7/c1-4-43-30(40)27-17(2)36-31(41)37-28(27)20-7-10-24(25(13-20)42-3)44-16-26(39)38-35-14-19-11-22(32)29(23(34)12-19)45-15-18-5-8-21(33)9-6-18/h5-14,28H,4,15-16H2,1-3H3,(H,38,39)(H2,36,37,41)/b35-14-/t28-/m1/s1. The Kier molecular flexibility index (Phi) is 12.5. The molecule has 14 heteroatoms. The van der Waals surface area contributed by atoms with Crippen LogP contribution in [0.4, 0.5) is 4.79 Å². The van der Waals surface area contributed by atoms with E-state index in [9.17, 15) is 14.4 Å². The van der Waals surface area contributed by atoms with Crippen molar-refractivity contribution in [3.05, 3.63) is 94.2 Å². The molecule has 0 aromatic heterocycles. The molecule has 0 saturated carbocycles. The summed E-state index contributed by atoms with van der Waals surface area (Å²) in [6.45, 7) is 3.62. The fraction of sp³-hybridized carbons (Fsp3) is 0.226. The third-order valence-electron chi connectivity index (χ3n) is 6.36. The zero-order valence-corrected chi connectivity index (χ0v) is 30.3. The van der Waals surface area contributed by atoms with Crippen LogP contribution in [0.3, 0.4) is 0 Å².